The first-order valence-corrected chi connectivity index (χ1v) is 11.6. The van der Waals surface area contributed by atoms with Crippen LogP contribution in [0.15, 0.2) is 60.6 Å². The molecule has 1 aromatic carbocycles. The predicted molar refractivity (Wildman–Crippen MR) is 135 cm³/mol. The van der Waals surface area contributed by atoms with Crippen molar-refractivity contribution < 1.29 is 4.79 Å². The number of aromatic nitrogens is 4. The molecule has 8 heteroatoms. The number of H-pyrrole nitrogens is 1. The van der Waals surface area contributed by atoms with E-state index in [2.05, 4.69) is 56.8 Å². The molecule has 4 N–H and O–H groups in total. The third-order valence-corrected chi connectivity index (χ3v) is 6.61. The summed E-state index contributed by atoms with van der Waals surface area (Å²) in [6.07, 6.45) is 11.3. The minimum atomic E-state index is -0.129. The molecule has 4 aromatic heterocycles. The summed E-state index contributed by atoms with van der Waals surface area (Å²) in [5, 5.41) is 7.12. The van der Waals surface area contributed by atoms with E-state index < -0.39 is 0 Å². The number of benzene rings is 1. The number of carbonyl (C=O) groups excluding carboxylic acids is 1. The highest BCUT2D eigenvalue weighted by molar-refractivity contribution is 7.18. The van der Waals surface area contributed by atoms with Crippen LogP contribution >= 0.6 is 11.3 Å². The minimum absolute atomic E-state index is 0.129. The molecule has 0 unspecified atom stereocenters. The fraction of sp³-hybridized carbons (Fsp3) is 0.160. The van der Waals surface area contributed by atoms with Gasteiger partial charge in [0.25, 0.3) is 0 Å². The van der Waals surface area contributed by atoms with Crippen molar-refractivity contribution in [2.24, 2.45) is 0 Å². The molecule has 5 aromatic rings. The van der Waals surface area contributed by atoms with Crippen LogP contribution in [0.4, 0.5) is 5.82 Å². The standard InChI is InChI=1S/C25H24N6OS/c1-16-11-19-12-17(3-5-21(19)30-16)20-14-33-24-18(13-29-25(26)23(20)24)4-6-22(32)28-7-2-9-31-10-8-27-15-31/h3-6,8,10-15,30H,2,7,9H2,1H3,(H2,26,29)(H,28,32)/b6-4+. The van der Waals surface area contributed by atoms with Crippen molar-refractivity contribution in [3.63, 3.8) is 0 Å². The summed E-state index contributed by atoms with van der Waals surface area (Å²) in [5.41, 5.74) is 11.6. The molecule has 5 rings (SSSR count). The summed E-state index contributed by atoms with van der Waals surface area (Å²) in [7, 11) is 0. The Morgan fingerprint density at radius 1 is 1.33 bits per heavy atom. The van der Waals surface area contributed by atoms with Gasteiger partial charge in [0.05, 0.1) is 6.33 Å². The van der Waals surface area contributed by atoms with Gasteiger partial charge in [-0.25, -0.2) is 9.97 Å². The number of thiophene rings is 1. The smallest absolute Gasteiger partial charge is 0.244 e. The lowest BCUT2D eigenvalue weighted by atomic mass is 10.0. The summed E-state index contributed by atoms with van der Waals surface area (Å²) in [6.45, 7) is 3.47. The van der Waals surface area contributed by atoms with Crippen molar-refractivity contribution in [2.75, 3.05) is 12.3 Å². The first-order valence-electron chi connectivity index (χ1n) is 10.8. The largest absolute Gasteiger partial charge is 0.383 e. The quantitative estimate of drug-likeness (QED) is 0.243. The number of pyridine rings is 1. The molecule has 0 radical (unpaired) electrons. The van der Waals surface area contributed by atoms with E-state index in [0.717, 1.165) is 56.3 Å². The second kappa shape index (κ2) is 8.91. The summed E-state index contributed by atoms with van der Waals surface area (Å²) in [4.78, 5) is 24.0. The van der Waals surface area contributed by atoms with Crippen LogP contribution in [0, 0.1) is 6.92 Å². The average molecular weight is 457 g/mol. The highest BCUT2D eigenvalue weighted by Gasteiger charge is 2.14. The predicted octanol–water partition coefficient (Wildman–Crippen LogP) is 4.75. The van der Waals surface area contributed by atoms with E-state index in [1.54, 1.807) is 42.2 Å². The zero-order valence-corrected chi connectivity index (χ0v) is 19.0. The van der Waals surface area contributed by atoms with E-state index in [-0.39, 0.29) is 5.91 Å². The Labute approximate surface area is 195 Å². The third kappa shape index (κ3) is 4.38. The van der Waals surface area contributed by atoms with Crippen LogP contribution in [0.25, 0.3) is 38.2 Å². The van der Waals surface area contributed by atoms with E-state index in [1.807, 2.05) is 10.8 Å². The molecular weight excluding hydrogens is 432 g/mol. The molecule has 0 aliphatic heterocycles. The van der Waals surface area contributed by atoms with Crippen LogP contribution in [0.1, 0.15) is 17.7 Å². The van der Waals surface area contributed by atoms with Crippen LogP contribution in [0.2, 0.25) is 0 Å². The van der Waals surface area contributed by atoms with Crippen LogP contribution in [-0.4, -0.2) is 32.0 Å². The molecule has 0 bridgehead atoms. The number of amides is 1. The van der Waals surface area contributed by atoms with Crippen molar-refractivity contribution in [3.05, 3.63) is 71.9 Å². The number of hydrogen-bond donors (Lipinski definition) is 3. The van der Waals surface area contributed by atoms with Gasteiger partial charge in [-0.05, 0) is 48.6 Å². The Morgan fingerprint density at radius 3 is 3.09 bits per heavy atom. The van der Waals surface area contributed by atoms with Gasteiger partial charge in [-0.1, -0.05) is 6.07 Å². The number of rotatable bonds is 7. The van der Waals surface area contributed by atoms with Gasteiger partial charge in [-0.15, -0.1) is 11.3 Å². The van der Waals surface area contributed by atoms with Crippen molar-refractivity contribution in [1.82, 2.24) is 24.8 Å². The van der Waals surface area contributed by atoms with E-state index in [0.29, 0.717) is 12.4 Å². The SMILES string of the molecule is Cc1cc2cc(-c3csc4c(/C=C/C(=O)NCCCn5ccnc5)cnc(N)c34)ccc2[nH]1. The molecule has 0 spiro atoms. The summed E-state index contributed by atoms with van der Waals surface area (Å²) < 4.78 is 3.01. The molecule has 33 heavy (non-hydrogen) atoms. The first kappa shape index (κ1) is 21.0. The second-order valence-corrected chi connectivity index (χ2v) is 8.86. The monoisotopic (exact) mass is 456 g/mol. The highest BCUT2D eigenvalue weighted by Crippen LogP contribution is 2.39. The van der Waals surface area contributed by atoms with Crippen molar-refractivity contribution in [3.8, 4) is 11.1 Å². The Balaban J connectivity index is 1.34. The molecule has 0 aliphatic rings. The normalized spacial score (nSPS) is 11.7. The maximum atomic E-state index is 12.3. The number of nitrogens with two attached hydrogens (primary N) is 1. The first-order chi connectivity index (χ1) is 16.1. The molecular formula is C25H24N6OS. The molecule has 7 nitrogen and oxygen atoms in total. The highest BCUT2D eigenvalue weighted by atomic mass is 32.1. The number of carbonyl (C=O) groups is 1. The van der Waals surface area contributed by atoms with E-state index in [4.69, 9.17) is 5.73 Å². The zero-order valence-electron chi connectivity index (χ0n) is 18.2. The van der Waals surface area contributed by atoms with Gasteiger partial charge in [-0.3, -0.25) is 4.79 Å². The van der Waals surface area contributed by atoms with Gasteiger partial charge < -0.3 is 20.6 Å². The Morgan fingerprint density at radius 2 is 2.24 bits per heavy atom. The van der Waals surface area contributed by atoms with Gasteiger partial charge >= 0.3 is 0 Å². The second-order valence-electron chi connectivity index (χ2n) is 7.99. The Hall–Kier alpha value is -3.91. The van der Waals surface area contributed by atoms with Crippen molar-refractivity contribution in [2.45, 2.75) is 19.9 Å². The average Bonchev–Trinajstić information content (AvgIpc) is 3.55. The lowest BCUT2D eigenvalue weighted by Gasteiger charge is -2.05. The fourth-order valence-corrected chi connectivity index (χ4v) is 5.06. The number of fused-ring (bicyclic) bond motifs is 2. The number of aromatic amines is 1. The van der Waals surface area contributed by atoms with Gasteiger partial charge in [0, 0.05) is 75.6 Å². The number of anilines is 1. The molecule has 0 saturated heterocycles. The fourth-order valence-electron chi connectivity index (χ4n) is 3.98. The molecule has 1 amide bonds. The molecule has 0 fully saturated rings. The molecule has 0 aliphatic carbocycles. The lowest BCUT2D eigenvalue weighted by Crippen LogP contribution is -2.22. The summed E-state index contributed by atoms with van der Waals surface area (Å²) in [5.74, 6) is 0.364. The van der Waals surface area contributed by atoms with E-state index in [1.165, 1.54) is 0 Å². The Kier molecular flexibility index (Phi) is 5.66. The molecule has 0 saturated carbocycles. The maximum absolute atomic E-state index is 12.3. The van der Waals surface area contributed by atoms with Crippen LogP contribution < -0.4 is 11.1 Å². The molecule has 0 atom stereocenters. The van der Waals surface area contributed by atoms with Crippen LogP contribution in [0.5, 0.6) is 0 Å². The summed E-state index contributed by atoms with van der Waals surface area (Å²) in [6, 6.07) is 8.49. The minimum Gasteiger partial charge on any atom is -0.383 e. The van der Waals surface area contributed by atoms with Gasteiger partial charge in [0.15, 0.2) is 0 Å². The van der Waals surface area contributed by atoms with E-state index in [9.17, 15) is 4.79 Å². The number of aryl methyl sites for hydroxylation is 2. The number of imidazole rings is 1. The molecule has 4 heterocycles. The maximum Gasteiger partial charge on any atom is 0.244 e. The zero-order chi connectivity index (χ0) is 22.8. The Bertz CT molecular complexity index is 1460. The third-order valence-electron chi connectivity index (χ3n) is 5.58. The topological polar surface area (TPSA) is 102 Å². The van der Waals surface area contributed by atoms with Crippen LogP contribution in [0.3, 0.4) is 0 Å². The van der Waals surface area contributed by atoms with Gasteiger partial charge in [0.2, 0.25) is 5.91 Å². The number of nitrogens with one attached hydrogen (secondary N) is 2. The number of nitrogens with zero attached hydrogens (tertiary/aromatic N) is 3. The lowest BCUT2D eigenvalue weighted by molar-refractivity contribution is -0.116. The van der Waals surface area contributed by atoms with Crippen LogP contribution in [-0.2, 0) is 11.3 Å². The van der Waals surface area contributed by atoms with Gasteiger partial charge in [-0.2, -0.15) is 0 Å². The summed E-state index contributed by atoms with van der Waals surface area (Å²) >= 11 is 1.61. The van der Waals surface area contributed by atoms with Crippen molar-refractivity contribution >= 4 is 50.1 Å². The molecule has 166 valence electrons. The van der Waals surface area contributed by atoms with E-state index >= 15 is 0 Å². The van der Waals surface area contributed by atoms with Crippen molar-refractivity contribution in [1.29, 1.82) is 0 Å². The number of hydrogen-bond acceptors (Lipinski definition) is 5. The van der Waals surface area contributed by atoms with Gasteiger partial charge in [0.1, 0.15) is 5.82 Å². The number of nitrogen functional groups attached to an aromatic ring is 1.